The number of rotatable bonds is 7. The molecule has 1 saturated carbocycles. The Hall–Kier alpha value is -1.14. The van der Waals surface area contributed by atoms with Gasteiger partial charge in [-0.05, 0) is 57.8 Å². The molecule has 2 N–H and O–H groups in total. The van der Waals surface area contributed by atoms with Crippen LogP contribution < -0.4 is 5.32 Å². The highest BCUT2D eigenvalue weighted by molar-refractivity contribution is 5.89. The fraction of sp³-hybridized carbons (Fsp3) is 0.889. The van der Waals surface area contributed by atoms with Crippen LogP contribution in [0.5, 0.6) is 0 Å². The second-order valence-electron chi connectivity index (χ2n) is 7.19. The molecule has 138 valence electrons. The van der Waals surface area contributed by atoms with E-state index in [1.54, 1.807) is 6.92 Å². The largest absolute Gasteiger partial charge is 0.480 e. The lowest BCUT2D eigenvalue weighted by Crippen LogP contribution is -2.58. The van der Waals surface area contributed by atoms with Gasteiger partial charge >= 0.3 is 5.97 Å². The molecule has 2 unspecified atom stereocenters. The van der Waals surface area contributed by atoms with E-state index in [0.29, 0.717) is 25.4 Å². The molecule has 2 aliphatic rings. The van der Waals surface area contributed by atoms with Gasteiger partial charge in [-0.25, -0.2) is 4.79 Å². The molecular weight excluding hydrogens is 310 g/mol. The molecule has 2 rings (SSSR count). The van der Waals surface area contributed by atoms with Crippen molar-refractivity contribution in [3.63, 3.8) is 0 Å². The minimum Gasteiger partial charge on any atom is -0.480 e. The number of carbonyl (C=O) groups is 2. The first kappa shape index (κ1) is 19.2. The van der Waals surface area contributed by atoms with Gasteiger partial charge in [-0.1, -0.05) is 13.3 Å². The second-order valence-corrected chi connectivity index (χ2v) is 7.19. The maximum absolute atomic E-state index is 12.4. The molecule has 0 aromatic heterocycles. The Labute approximate surface area is 144 Å². The van der Waals surface area contributed by atoms with Gasteiger partial charge in [0.05, 0.1) is 12.7 Å². The lowest BCUT2D eigenvalue weighted by molar-refractivity contribution is -0.152. The summed E-state index contributed by atoms with van der Waals surface area (Å²) in [4.78, 5) is 24.2. The van der Waals surface area contributed by atoms with Crippen molar-refractivity contribution in [2.75, 3.05) is 13.2 Å². The average Bonchev–Trinajstić information content (AvgIpc) is 2.61. The van der Waals surface area contributed by atoms with Gasteiger partial charge in [0.2, 0.25) is 5.91 Å². The van der Waals surface area contributed by atoms with E-state index in [4.69, 9.17) is 9.47 Å². The quantitative estimate of drug-likeness (QED) is 0.743. The molecule has 1 heterocycles. The Morgan fingerprint density at radius 3 is 2.54 bits per heavy atom. The van der Waals surface area contributed by atoms with Gasteiger partial charge in [0.1, 0.15) is 11.6 Å². The van der Waals surface area contributed by atoms with Gasteiger partial charge in [-0.3, -0.25) is 4.79 Å². The van der Waals surface area contributed by atoms with E-state index in [1.165, 1.54) is 0 Å². The molecule has 2 fully saturated rings. The summed E-state index contributed by atoms with van der Waals surface area (Å²) in [6, 6.07) is 0. The van der Waals surface area contributed by atoms with Crippen molar-refractivity contribution in [1.29, 1.82) is 0 Å². The van der Waals surface area contributed by atoms with Crippen LogP contribution in [0.3, 0.4) is 0 Å². The van der Waals surface area contributed by atoms with Crippen molar-refractivity contribution in [1.82, 2.24) is 5.32 Å². The van der Waals surface area contributed by atoms with Crippen molar-refractivity contribution in [3.05, 3.63) is 0 Å². The van der Waals surface area contributed by atoms with Gasteiger partial charge in [0.15, 0.2) is 0 Å². The molecular formula is C18H31NO5. The first-order valence-electron chi connectivity index (χ1n) is 9.25. The molecule has 0 aromatic carbocycles. The van der Waals surface area contributed by atoms with Crippen LogP contribution in [-0.4, -0.2) is 47.9 Å². The topological polar surface area (TPSA) is 84.9 Å². The molecule has 0 radical (unpaired) electrons. The van der Waals surface area contributed by atoms with Crippen LogP contribution in [0.4, 0.5) is 0 Å². The second kappa shape index (κ2) is 8.81. The van der Waals surface area contributed by atoms with E-state index < -0.39 is 17.6 Å². The normalized spacial score (nSPS) is 32.1. The third kappa shape index (κ3) is 4.93. The predicted octanol–water partition coefficient (Wildman–Crippen LogP) is 2.50. The fourth-order valence-corrected chi connectivity index (χ4v) is 3.57. The van der Waals surface area contributed by atoms with Gasteiger partial charge < -0.3 is 19.9 Å². The van der Waals surface area contributed by atoms with E-state index in [9.17, 15) is 14.7 Å². The molecule has 1 saturated heterocycles. The fourth-order valence-electron chi connectivity index (χ4n) is 3.57. The highest BCUT2D eigenvalue weighted by atomic mass is 16.5. The van der Waals surface area contributed by atoms with E-state index in [1.807, 2.05) is 0 Å². The number of nitrogens with one attached hydrogen (secondary N) is 1. The number of hydrogen-bond donors (Lipinski definition) is 2. The number of carboxylic acids is 1. The Morgan fingerprint density at radius 2 is 2.00 bits per heavy atom. The monoisotopic (exact) mass is 341 g/mol. The van der Waals surface area contributed by atoms with Crippen LogP contribution in [0.25, 0.3) is 0 Å². The van der Waals surface area contributed by atoms with E-state index in [0.717, 1.165) is 45.1 Å². The zero-order valence-electron chi connectivity index (χ0n) is 14.9. The summed E-state index contributed by atoms with van der Waals surface area (Å²) in [5, 5.41) is 12.4. The number of amides is 1. The molecule has 6 heteroatoms. The lowest BCUT2D eigenvalue weighted by Gasteiger charge is -2.37. The van der Waals surface area contributed by atoms with Gasteiger partial charge in [0.25, 0.3) is 0 Å². The molecule has 2 atom stereocenters. The molecule has 0 aromatic rings. The summed E-state index contributed by atoms with van der Waals surface area (Å²) in [7, 11) is 0. The summed E-state index contributed by atoms with van der Waals surface area (Å²) < 4.78 is 11.2. The predicted molar refractivity (Wildman–Crippen MR) is 89.8 cm³/mol. The highest BCUT2D eigenvalue weighted by Crippen LogP contribution is 2.34. The van der Waals surface area contributed by atoms with Crippen LogP contribution in [0.1, 0.15) is 65.2 Å². The van der Waals surface area contributed by atoms with Gasteiger partial charge in [0, 0.05) is 6.61 Å². The first-order valence-corrected chi connectivity index (χ1v) is 9.25. The Balaban J connectivity index is 1.84. The molecule has 6 nitrogen and oxygen atoms in total. The Morgan fingerprint density at radius 1 is 1.29 bits per heavy atom. The lowest BCUT2D eigenvalue weighted by atomic mass is 9.75. The summed E-state index contributed by atoms with van der Waals surface area (Å²) in [6.07, 6.45) is 6.24. The minimum absolute atomic E-state index is 0.0439. The average molecular weight is 341 g/mol. The first-order chi connectivity index (χ1) is 11.5. The van der Waals surface area contributed by atoms with Crippen molar-refractivity contribution in [3.8, 4) is 0 Å². The molecule has 24 heavy (non-hydrogen) atoms. The SMILES string of the molecule is CCC1CCC(NC(=O)C(C)OCC2CCCCO2)(C(=O)O)CC1. The van der Waals surface area contributed by atoms with Crippen molar-refractivity contribution in [2.24, 2.45) is 5.92 Å². The van der Waals surface area contributed by atoms with Gasteiger partial charge in [-0.15, -0.1) is 0 Å². The molecule has 0 bridgehead atoms. The summed E-state index contributed by atoms with van der Waals surface area (Å²) in [5.41, 5.74) is -1.14. The molecule has 1 amide bonds. The number of carboxylic acid groups (broad SMARTS) is 1. The van der Waals surface area contributed by atoms with Crippen LogP contribution in [0, 0.1) is 5.92 Å². The van der Waals surface area contributed by atoms with Crippen molar-refractivity contribution >= 4 is 11.9 Å². The van der Waals surface area contributed by atoms with Gasteiger partial charge in [-0.2, -0.15) is 0 Å². The molecule has 1 aliphatic carbocycles. The standard InChI is InChI=1S/C18H31NO5/c1-3-14-7-9-18(10-8-14,17(21)22)19-16(20)13(2)24-12-15-6-4-5-11-23-15/h13-15H,3-12H2,1-2H3,(H,19,20)(H,21,22). The maximum Gasteiger partial charge on any atom is 0.329 e. The van der Waals surface area contributed by atoms with Crippen LogP contribution >= 0.6 is 0 Å². The Kier molecular flexibility index (Phi) is 7.04. The third-order valence-corrected chi connectivity index (χ3v) is 5.48. The number of carbonyl (C=O) groups excluding carboxylic acids is 1. The number of hydrogen-bond acceptors (Lipinski definition) is 4. The minimum atomic E-state index is -1.14. The summed E-state index contributed by atoms with van der Waals surface area (Å²) in [5.74, 6) is -0.720. The smallest absolute Gasteiger partial charge is 0.329 e. The highest BCUT2D eigenvalue weighted by Gasteiger charge is 2.43. The van der Waals surface area contributed by atoms with Crippen molar-refractivity contribution < 1.29 is 24.2 Å². The van der Waals surface area contributed by atoms with Crippen LogP contribution in [0.2, 0.25) is 0 Å². The number of ether oxygens (including phenoxy) is 2. The van der Waals surface area contributed by atoms with E-state index in [2.05, 4.69) is 12.2 Å². The van der Waals surface area contributed by atoms with Crippen LogP contribution in [-0.2, 0) is 19.1 Å². The van der Waals surface area contributed by atoms with Crippen molar-refractivity contribution in [2.45, 2.75) is 83.0 Å². The van der Waals surface area contributed by atoms with E-state index >= 15 is 0 Å². The zero-order chi connectivity index (χ0) is 17.6. The summed E-state index contributed by atoms with van der Waals surface area (Å²) in [6.45, 7) is 4.92. The maximum atomic E-state index is 12.4. The Bertz CT molecular complexity index is 425. The molecule has 0 spiro atoms. The van der Waals surface area contributed by atoms with Crippen LogP contribution in [0.15, 0.2) is 0 Å². The van der Waals surface area contributed by atoms with E-state index in [-0.39, 0.29) is 12.0 Å². The third-order valence-electron chi connectivity index (χ3n) is 5.48. The zero-order valence-corrected chi connectivity index (χ0v) is 14.9. The number of aliphatic carboxylic acids is 1. The summed E-state index contributed by atoms with van der Waals surface area (Å²) >= 11 is 0. The molecule has 1 aliphatic heterocycles.